The molecule has 0 saturated heterocycles. The Bertz CT molecular complexity index is 325. The maximum atomic E-state index is 12.0. The number of hydrogen-bond donors (Lipinski definition) is 1. The van der Waals surface area contributed by atoms with Crippen molar-refractivity contribution in [3.05, 3.63) is 30.1 Å². The Balaban J connectivity index is 2.09. The average Bonchev–Trinajstić information content (AvgIpc) is 2.28. The third-order valence-corrected chi connectivity index (χ3v) is 2.73. The molecule has 1 aromatic heterocycles. The summed E-state index contributed by atoms with van der Waals surface area (Å²) in [4.78, 5) is 4.01. The number of pyridine rings is 1. The molecule has 0 saturated carbocycles. The van der Waals surface area contributed by atoms with Crippen molar-refractivity contribution in [1.29, 1.82) is 0 Å². The van der Waals surface area contributed by atoms with Crippen molar-refractivity contribution in [1.82, 2.24) is 10.3 Å². The van der Waals surface area contributed by atoms with Gasteiger partial charge in [-0.05, 0) is 44.4 Å². The van der Waals surface area contributed by atoms with Crippen molar-refractivity contribution < 1.29 is 13.2 Å². The van der Waals surface area contributed by atoms with Crippen molar-refractivity contribution in [3.63, 3.8) is 0 Å². The maximum absolute atomic E-state index is 12.0. The molecular weight excluding hydrogens is 241 g/mol. The van der Waals surface area contributed by atoms with Gasteiger partial charge in [0, 0.05) is 24.9 Å². The first-order valence-electron chi connectivity index (χ1n) is 6.16. The van der Waals surface area contributed by atoms with Crippen molar-refractivity contribution in [2.24, 2.45) is 0 Å². The van der Waals surface area contributed by atoms with Gasteiger partial charge in [0.1, 0.15) is 0 Å². The van der Waals surface area contributed by atoms with Crippen LogP contribution in [0.3, 0.4) is 0 Å². The Morgan fingerprint density at radius 3 is 2.78 bits per heavy atom. The lowest BCUT2D eigenvalue weighted by Crippen LogP contribution is -2.28. The fraction of sp³-hybridized carbons (Fsp3) is 0.615. The first-order chi connectivity index (χ1) is 8.47. The highest BCUT2D eigenvalue weighted by Crippen LogP contribution is 2.22. The summed E-state index contributed by atoms with van der Waals surface area (Å²) in [6.45, 7) is 2.68. The molecule has 102 valence electrons. The topological polar surface area (TPSA) is 24.9 Å². The molecule has 0 aliphatic carbocycles. The fourth-order valence-corrected chi connectivity index (χ4v) is 1.72. The fourth-order valence-electron chi connectivity index (χ4n) is 1.72. The molecule has 18 heavy (non-hydrogen) atoms. The van der Waals surface area contributed by atoms with Gasteiger partial charge < -0.3 is 5.32 Å². The summed E-state index contributed by atoms with van der Waals surface area (Å²) in [7, 11) is 0. The zero-order valence-electron chi connectivity index (χ0n) is 10.5. The highest BCUT2D eigenvalue weighted by molar-refractivity contribution is 5.08. The standard InChI is InChI=1S/C13H19F3N2/c1-11(4-2-7-13(14,15)16)18-9-6-12-5-3-8-17-10-12/h3,5,8,10-11,18H,2,4,6-7,9H2,1H3. The van der Waals surface area contributed by atoms with Gasteiger partial charge in [0.25, 0.3) is 0 Å². The Morgan fingerprint density at radius 2 is 2.17 bits per heavy atom. The summed E-state index contributed by atoms with van der Waals surface area (Å²) in [5.41, 5.74) is 1.13. The van der Waals surface area contributed by atoms with E-state index in [0.29, 0.717) is 6.42 Å². The van der Waals surface area contributed by atoms with Gasteiger partial charge in [-0.25, -0.2) is 0 Å². The van der Waals surface area contributed by atoms with E-state index < -0.39 is 12.6 Å². The molecule has 2 nitrogen and oxygen atoms in total. The lowest BCUT2D eigenvalue weighted by atomic mass is 10.1. The van der Waals surface area contributed by atoms with Crippen LogP contribution in [0.4, 0.5) is 13.2 Å². The van der Waals surface area contributed by atoms with Crippen molar-refractivity contribution >= 4 is 0 Å². The van der Waals surface area contributed by atoms with Crippen molar-refractivity contribution in [2.75, 3.05) is 6.54 Å². The number of nitrogens with one attached hydrogen (secondary N) is 1. The van der Waals surface area contributed by atoms with E-state index >= 15 is 0 Å². The number of rotatable bonds is 7. The highest BCUT2D eigenvalue weighted by atomic mass is 19.4. The minimum atomic E-state index is -4.03. The lowest BCUT2D eigenvalue weighted by Gasteiger charge is -2.14. The molecule has 0 aromatic carbocycles. The molecule has 0 spiro atoms. The second-order valence-corrected chi connectivity index (χ2v) is 4.47. The van der Waals surface area contributed by atoms with Gasteiger partial charge in [-0.2, -0.15) is 13.2 Å². The Labute approximate surface area is 106 Å². The van der Waals surface area contributed by atoms with Crippen LogP contribution in [0.5, 0.6) is 0 Å². The van der Waals surface area contributed by atoms with Crippen LogP contribution in [-0.2, 0) is 6.42 Å². The third kappa shape index (κ3) is 7.27. The number of aromatic nitrogens is 1. The summed E-state index contributed by atoms with van der Waals surface area (Å²) in [6, 6.07) is 3.98. The van der Waals surface area contributed by atoms with Crippen molar-refractivity contribution in [2.45, 2.75) is 44.8 Å². The van der Waals surface area contributed by atoms with Gasteiger partial charge >= 0.3 is 6.18 Å². The first-order valence-corrected chi connectivity index (χ1v) is 6.16. The summed E-state index contributed by atoms with van der Waals surface area (Å²) >= 11 is 0. The first kappa shape index (κ1) is 15.0. The molecule has 0 aliphatic rings. The van der Waals surface area contributed by atoms with Gasteiger partial charge in [0.15, 0.2) is 0 Å². The molecule has 0 fully saturated rings. The molecule has 0 amide bonds. The molecule has 5 heteroatoms. The molecule has 1 unspecified atom stereocenters. The highest BCUT2D eigenvalue weighted by Gasteiger charge is 2.26. The van der Waals surface area contributed by atoms with Gasteiger partial charge in [-0.1, -0.05) is 6.07 Å². The molecule has 1 rings (SSSR count). The van der Waals surface area contributed by atoms with E-state index in [-0.39, 0.29) is 12.5 Å². The Hall–Kier alpha value is -1.10. The van der Waals surface area contributed by atoms with Gasteiger partial charge in [0.05, 0.1) is 0 Å². The van der Waals surface area contributed by atoms with E-state index in [4.69, 9.17) is 0 Å². The zero-order valence-corrected chi connectivity index (χ0v) is 10.5. The van der Waals surface area contributed by atoms with E-state index in [9.17, 15) is 13.2 Å². The zero-order chi connectivity index (χ0) is 13.4. The Morgan fingerprint density at radius 1 is 1.39 bits per heavy atom. The molecule has 1 N–H and O–H groups in total. The van der Waals surface area contributed by atoms with E-state index in [1.54, 1.807) is 12.4 Å². The smallest absolute Gasteiger partial charge is 0.314 e. The van der Waals surface area contributed by atoms with Crippen LogP contribution in [0.25, 0.3) is 0 Å². The molecular formula is C13H19F3N2. The number of halogens is 3. The normalized spacial score (nSPS) is 13.6. The summed E-state index contributed by atoms with van der Waals surface area (Å²) in [5.74, 6) is 0. The predicted octanol–water partition coefficient (Wildman–Crippen LogP) is 3.33. The van der Waals surface area contributed by atoms with Crippen LogP contribution < -0.4 is 5.32 Å². The monoisotopic (exact) mass is 260 g/mol. The number of nitrogens with zero attached hydrogens (tertiary/aromatic N) is 1. The van der Waals surface area contributed by atoms with Crippen LogP contribution in [-0.4, -0.2) is 23.7 Å². The van der Waals surface area contributed by atoms with Crippen LogP contribution in [0, 0.1) is 0 Å². The largest absolute Gasteiger partial charge is 0.389 e. The summed E-state index contributed by atoms with van der Waals surface area (Å²) < 4.78 is 35.9. The van der Waals surface area contributed by atoms with Gasteiger partial charge in [-0.15, -0.1) is 0 Å². The van der Waals surface area contributed by atoms with E-state index in [1.807, 2.05) is 19.1 Å². The minimum Gasteiger partial charge on any atom is -0.314 e. The molecule has 1 atom stereocenters. The van der Waals surface area contributed by atoms with Crippen LogP contribution in [0.2, 0.25) is 0 Å². The van der Waals surface area contributed by atoms with Gasteiger partial charge in [-0.3, -0.25) is 4.98 Å². The van der Waals surface area contributed by atoms with Gasteiger partial charge in [0.2, 0.25) is 0 Å². The average molecular weight is 260 g/mol. The van der Waals surface area contributed by atoms with E-state index in [0.717, 1.165) is 18.5 Å². The van der Waals surface area contributed by atoms with Crippen LogP contribution >= 0.6 is 0 Å². The van der Waals surface area contributed by atoms with Crippen LogP contribution in [0.1, 0.15) is 31.7 Å². The summed E-state index contributed by atoms with van der Waals surface area (Å²) in [6.07, 6.45) is 0.373. The Kier molecular flexibility index (Phi) is 6.12. The second-order valence-electron chi connectivity index (χ2n) is 4.47. The van der Waals surface area contributed by atoms with E-state index in [1.165, 1.54) is 0 Å². The molecule has 1 heterocycles. The second kappa shape index (κ2) is 7.36. The summed E-state index contributed by atoms with van der Waals surface area (Å²) in [5, 5.41) is 3.22. The van der Waals surface area contributed by atoms with Crippen LogP contribution in [0.15, 0.2) is 24.5 Å². The predicted molar refractivity (Wildman–Crippen MR) is 65.3 cm³/mol. The number of hydrogen-bond acceptors (Lipinski definition) is 2. The van der Waals surface area contributed by atoms with Crippen molar-refractivity contribution in [3.8, 4) is 0 Å². The number of alkyl halides is 3. The third-order valence-electron chi connectivity index (χ3n) is 2.73. The molecule has 1 aromatic rings. The minimum absolute atomic E-state index is 0.115. The molecule has 0 radical (unpaired) electrons. The van der Waals surface area contributed by atoms with E-state index in [2.05, 4.69) is 10.3 Å². The molecule has 0 aliphatic heterocycles. The SMILES string of the molecule is CC(CCCC(F)(F)F)NCCc1cccnc1. The lowest BCUT2D eigenvalue weighted by molar-refractivity contribution is -0.135. The molecule has 0 bridgehead atoms. The quantitative estimate of drug-likeness (QED) is 0.813. The maximum Gasteiger partial charge on any atom is 0.389 e.